The Morgan fingerprint density at radius 1 is 1.00 bits per heavy atom. The van der Waals surface area contributed by atoms with Crippen LogP contribution in [0.2, 0.25) is 0 Å². The molecule has 0 aliphatic rings. The van der Waals surface area contributed by atoms with Gasteiger partial charge in [0, 0.05) is 11.7 Å². The molecule has 2 aromatic carbocycles. The van der Waals surface area contributed by atoms with Gasteiger partial charge in [0.15, 0.2) is 0 Å². The van der Waals surface area contributed by atoms with Gasteiger partial charge in [-0.3, -0.25) is 0 Å². The molecule has 2 heteroatoms. The first-order valence-electron chi connectivity index (χ1n) is 5.90. The Hall–Kier alpha value is -2.53. The average Bonchev–Trinajstić information content (AvgIpc) is 2.86. The molecular weight excluding hydrogens is 220 g/mol. The highest BCUT2D eigenvalue weighted by Gasteiger charge is 2.00. The number of nitrogens with one attached hydrogen (secondary N) is 1. The molecule has 0 saturated carbocycles. The van der Waals surface area contributed by atoms with Crippen molar-refractivity contribution in [2.75, 3.05) is 0 Å². The van der Waals surface area contributed by atoms with Gasteiger partial charge in [-0.1, -0.05) is 24.3 Å². The number of H-pyrrole nitrogens is 1. The Morgan fingerprint density at radius 2 is 1.89 bits per heavy atom. The van der Waals surface area contributed by atoms with Gasteiger partial charge in [-0.2, -0.15) is 5.26 Å². The number of fused-ring (bicyclic) bond motifs is 1. The van der Waals surface area contributed by atoms with Crippen molar-refractivity contribution in [3.05, 3.63) is 71.4 Å². The van der Waals surface area contributed by atoms with Gasteiger partial charge in [-0.25, -0.2) is 0 Å². The molecule has 0 unspecified atom stereocenters. The van der Waals surface area contributed by atoms with Crippen LogP contribution in [-0.2, 0) is 6.42 Å². The van der Waals surface area contributed by atoms with E-state index in [-0.39, 0.29) is 0 Å². The summed E-state index contributed by atoms with van der Waals surface area (Å²) >= 11 is 0. The van der Waals surface area contributed by atoms with Gasteiger partial charge in [0.05, 0.1) is 11.6 Å². The van der Waals surface area contributed by atoms with Gasteiger partial charge in [0.25, 0.3) is 0 Å². The second-order valence-electron chi connectivity index (χ2n) is 4.39. The summed E-state index contributed by atoms with van der Waals surface area (Å²) in [4.78, 5) is 3.22. The van der Waals surface area contributed by atoms with Crippen LogP contribution in [0.3, 0.4) is 0 Å². The van der Waals surface area contributed by atoms with Gasteiger partial charge in [-0.05, 0) is 47.2 Å². The van der Waals surface area contributed by atoms with Crippen molar-refractivity contribution in [3.63, 3.8) is 0 Å². The molecule has 0 amide bonds. The maximum Gasteiger partial charge on any atom is 0.0991 e. The molecule has 3 aromatic rings. The molecule has 0 aliphatic heterocycles. The Balaban J connectivity index is 1.93. The van der Waals surface area contributed by atoms with Crippen molar-refractivity contribution in [1.82, 2.24) is 4.98 Å². The molecule has 0 fully saturated rings. The number of hydrogen-bond acceptors (Lipinski definition) is 1. The summed E-state index contributed by atoms with van der Waals surface area (Å²) in [6.07, 6.45) is 2.80. The molecule has 1 heterocycles. The molecule has 2 nitrogen and oxygen atoms in total. The lowest BCUT2D eigenvalue weighted by Crippen LogP contribution is -1.89. The van der Waals surface area contributed by atoms with Crippen molar-refractivity contribution in [3.8, 4) is 6.07 Å². The molecular formula is C16H12N2. The number of hydrogen-bond donors (Lipinski definition) is 1. The first-order valence-corrected chi connectivity index (χ1v) is 5.90. The van der Waals surface area contributed by atoms with E-state index < -0.39 is 0 Å². The fourth-order valence-corrected chi connectivity index (χ4v) is 2.19. The Labute approximate surface area is 106 Å². The largest absolute Gasteiger partial charge is 0.361 e. The molecule has 1 aromatic heterocycles. The number of nitriles is 1. The minimum Gasteiger partial charge on any atom is -0.361 e. The van der Waals surface area contributed by atoms with Crippen LogP contribution < -0.4 is 0 Å². The highest BCUT2D eigenvalue weighted by Crippen LogP contribution is 2.17. The molecule has 0 spiro atoms. The summed E-state index contributed by atoms with van der Waals surface area (Å²) in [5, 5.41) is 10.1. The van der Waals surface area contributed by atoms with Gasteiger partial charge in [-0.15, -0.1) is 0 Å². The van der Waals surface area contributed by atoms with Gasteiger partial charge in [0.2, 0.25) is 0 Å². The summed E-state index contributed by atoms with van der Waals surface area (Å²) in [5.41, 5.74) is 4.29. The maximum atomic E-state index is 8.89. The van der Waals surface area contributed by atoms with Crippen LogP contribution in [-0.4, -0.2) is 4.98 Å². The van der Waals surface area contributed by atoms with E-state index in [1.54, 1.807) is 0 Å². The molecule has 0 saturated heterocycles. The Morgan fingerprint density at radius 3 is 2.78 bits per heavy atom. The third-order valence-electron chi connectivity index (χ3n) is 3.08. The monoisotopic (exact) mass is 232 g/mol. The SMILES string of the molecule is N#Cc1cccc(Cc2ccc3cc[nH]c3c2)c1. The van der Waals surface area contributed by atoms with E-state index in [1.165, 1.54) is 16.5 Å². The van der Waals surface area contributed by atoms with Gasteiger partial charge < -0.3 is 4.98 Å². The average molecular weight is 232 g/mol. The summed E-state index contributed by atoms with van der Waals surface area (Å²) in [7, 11) is 0. The first-order chi connectivity index (χ1) is 8.85. The lowest BCUT2D eigenvalue weighted by Gasteiger charge is -2.03. The van der Waals surface area contributed by atoms with E-state index >= 15 is 0 Å². The number of rotatable bonds is 2. The standard InChI is InChI=1S/C16H12N2/c17-11-14-3-1-2-12(9-14)8-13-4-5-15-6-7-18-16(15)10-13/h1-7,9-10,18H,8H2. The van der Waals surface area contributed by atoms with Crippen molar-refractivity contribution in [2.24, 2.45) is 0 Å². The summed E-state index contributed by atoms with van der Waals surface area (Å²) in [5.74, 6) is 0. The van der Waals surface area contributed by atoms with Crippen LogP contribution in [0.4, 0.5) is 0 Å². The first kappa shape index (κ1) is 10.6. The maximum absolute atomic E-state index is 8.89. The zero-order chi connectivity index (χ0) is 12.4. The Bertz CT molecular complexity index is 732. The molecule has 18 heavy (non-hydrogen) atoms. The van der Waals surface area contributed by atoms with Gasteiger partial charge >= 0.3 is 0 Å². The zero-order valence-corrected chi connectivity index (χ0v) is 9.85. The highest BCUT2D eigenvalue weighted by molar-refractivity contribution is 5.79. The molecule has 0 bridgehead atoms. The molecule has 0 atom stereocenters. The molecule has 3 rings (SSSR count). The summed E-state index contributed by atoms with van der Waals surface area (Å²) < 4.78 is 0. The van der Waals surface area contributed by atoms with E-state index in [2.05, 4.69) is 41.4 Å². The van der Waals surface area contributed by atoms with Crippen LogP contribution >= 0.6 is 0 Å². The predicted molar refractivity (Wildman–Crippen MR) is 72.3 cm³/mol. The van der Waals surface area contributed by atoms with Gasteiger partial charge in [0.1, 0.15) is 0 Å². The Kier molecular flexibility index (Phi) is 2.59. The minimum atomic E-state index is 0.716. The van der Waals surface area contributed by atoms with E-state index in [1.807, 2.05) is 24.4 Å². The van der Waals surface area contributed by atoms with Crippen LogP contribution in [0.1, 0.15) is 16.7 Å². The fourth-order valence-electron chi connectivity index (χ4n) is 2.19. The molecule has 0 aliphatic carbocycles. The predicted octanol–water partition coefficient (Wildman–Crippen LogP) is 3.63. The quantitative estimate of drug-likeness (QED) is 0.720. The van der Waals surface area contributed by atoms with Crippen LogP contribution in [0.25, 0.3) is 10.9 Å². The number of aromatic nitrogens is 1. The van der Waals surface area contributed by atoms with Crippen LogP contribution in [0, 0.1) is 11.3 Å². The summed E-state index contributed by atoms with van der Waals surface area (Å²) in [6.45, 7) is 0. The minimum absolute atomic E-state index is 0.716. The third-order valence-corrected chi connectivity index (χ3v) is 3.08. The van der Waals surface area contributed by atoms with Crippen molar-refractivity contribution < 1.29 is 0 Å². The number of nitrogens with zero attached hydrogens (tertiary/aromatic N) is 1. The normalized spacial score (nSPS) is 10.4. The second-order valence-corrected chi connectivity index (χ2v) is 4.39. The molecule has 86 valence electrons. The topological polar surface area (TPSA) is 39.6 Å². The smallest absolute Gasteiger partial charge is 0.0991 e. The number of aromatic amines is 1. The summed E-state index contributed by atoms with van der Waals surface area (Å²) in [6, 6.07) is 18.4. The molecule has 1 N–H and O–H groups in total. The van der Waals surface area contributed by atoms with Crippen molar-refractivity contribution in [2.45, 2.75) is 6.42 Å². The lowest BCUT2D eigenvalue weighted by atomic mass is 10.0. The van der Waals surface area contributed by atoms with E-state index in [0.29, 0.717) is 5.56 Å². The van der Waals surface area contributed by atoms with Crippen LogP contribution in [0.15, 0.2) is 54.7 Å². The fraction of sp³-hybridized carbons (Fsp3) is 0.0625. The lowest BCUT2D eigenvalue weighted by molar-refractivity contribution is 1.19. The van der Waals surface area contributed by atoms with Crippen LogP contribution in [0.5, 0.6) is 0 Å². The number of benzene rings is 2. The highest BCUT2D eigenvalue weighted by atomic mass is 14.7. The van der Waals surface area contributed by atoms with Crippen molar-refractivity contribution >= 4 is 10.9 Å². The zero-order valence-electron chi connectivity index (χ0n) is 9.85. The second kappa shape index (κ2) is 4.38. The van der Waals surface area contributed by atoms with E-state index in [4.69, 9.17) is 5.26 Å². The molecule has 0 radical (unpaired) electrons. The third kappa shape index (κ3) is 1.99. The van der Waals surface area contributed by atoms with Crippen molar-refractivity contribution in [1.29, 1.82) is 5.26 Å². The van der Waals surface area contributed by atoms with E-state index in [9.17, 15) is 0 Å². The van der Waals surface area contributed by atoms with E-state index in [0.717, 1.165) is 11.9 Å².